The number of carboxylic acid groups (broad SMARTS) is 1. The zero-order valence-electron chi connectivity index (χ0n) is 10.4. The lowest BCUT2D eigenvalue weighted by Gasteiger charge is -2.18. The van der Waals surface area contributed by atoms with E-state index in [1.165, 1.54) is 18.9 Å². The second-order valence-corrected chi connectivity index (χ2v) is 4.85. The number of fused-ring (bicyclic) bond motifs is 1. The molecule has 0 spiro atoms. The highest BCUT2D eigenvalue weighted by Crippen LogP contribution is 2.17. The summed E-state index contributed by atoms with van der Waals surface area (Å²) in [7, 11) is 0. The van der Waals surface area contributed by atoms with Crippen LogP contribution in [-0.2, 0) is 9.59 Å². The second-order valence-electron chi connectivity index (χ2n) is 4.85. The van der Waals surface area contributed by atoms with Crippen LogP contribution in [0.2, 0.25) is 0 Å². The van der Waals surface area contributed by atoms with E-state index in [1.807, 2.05) is 18.2 Å². The van der Waals surface area contributed by atoms with Crippen LogP contribution in [0.1, 0.15) is 12.8 Å². The fourth-order valence-electron chi connectivity index (χ4n) is 2.55. The standard InChI is InChI=1S/C14H14N2O3/c17-12-7-9-3-4-10(16-5-1-2-6-16)8-11(9)15-13(12)14(18)19/h3-4,7-8,13H,1-2,5-6H2,(H,18,19). The summed E-state index contributed by atoms with van der Waals surface area (Å²) in [6.45, 7) is 2.04. The van der Waals surface area contributed by atoms with Gasteiger partial charge in [-0.05, 0) is 31.1 Å². The van der Waals surface area contributed by atoms with Gasteiger partial charge in [-0.2, -0.15) is 0 Å². The molecule has 1 unspecified atom stereocenters. The molecule has 5 heteroatoms. The summed E-state index contributed by atoms with van der Waals surface area (Å²) in [4.78, 5) is 28.9. The van der Waals surface area contributed by atoms with Gasteiger partial charge in [-0.25, -0.2) is 4.79 Å². The number of carbonyl (C=O) groups is 2. The summed E-state index contributed by atoms with van der Waals surface area (Å²) >= 11 is 0. The molecular weight excluding hydrogens is 244 g/mol. The number of Topliss-reactive ketones (excluding diaryl/α,β-unsaturated/α-hetero) is 1. The molecule has 98 valence electrons. The quantitative estimate of drug-likeness (QED) is 0.741. The summed E-state index contributed by atoms with van der Waals surface area (Å²) in [6.07, 6.45) is 3.72. The van der Waals surface area contributed by atoms with Crippen molar-refractivity contribution in [3.05, 3.63) is 28.8 Å². The summed E-state index contributed by atoms with van der Waals surface area (Å²) < 4.78 is 0. The molecule has 0 radical (unpaired) electrons. The van der Waals surface area contributed by atoms with Crippen molar-refractivity contribution in [3.8, 4) is 0 Å². The molecule has 1 aromatic rings. The molecule has 2 aliphatic heterocycles. The van der Waals surface area contributed by atoms with Crippen LogP contribution in [0.15, 0.2) is 23.2 Å². The first-order chi connectivity index (χ1) is 9.15. The number of hydrogen-bond donors (Lipinski definition) is 1. The average Bonchev–Trinajstić information content (AvgIpc) is 2.91. The number of aliphatic carboxylic acids is 1. The predicted molar refractivity (Wildman–Crippen MR) is 69.6 cm³/mol. The van der Waals surface area contributed by atoms with E-state index in [0.717, 1.165) is 18.8 Å². The van der Waals surface area contributed by atoms with Crippen molar-refractivity contribution < 1.29 is 14.7 Å². The first kappa shape index (κ1) is 11.9. The van der Waals surface area contributed by atoms with E-state index in [0.29, 0.717) is 10.6 Å². The maximum Gasteiger partial charge on any atom is 0.336 e. The summed E-state index contributed by atoms with van der Waals surface area (Å²) in [5.41, 5.74) is 1.05. The van der Waals surface area contributed by atoms with E-state index >= 15 is 0 Å². The molecule has 0 aromatic heterocycles. The lowest BCUT2D eigenvalue weighted by molar-refractivity contribution is -0.140. The van der Waals surface area contributed by atoms with Crippen LogP contribution in [0.4, 0.5) is 5.69 Å². The van der Waals surface area contributed by atoms with E-state index in [2.05, 4.69) is 9.89 Å². The maximum atomic E-state index is 11.6. The van der Waals surface area contributed by atoms with Crippen molar-refractivity contribution in [2.45, 2.75) is 18.9 Å². The Labute approximate surface area is 109 Å². The van der Waals surface area contributed by atoms with Crippen molar-refractivity contribution in [2.75, 3.05) is 18.0 Å². The number of rotatable bonds is 2. The van der Waals surface area contributed by atoms with E-state index in [9.17, 15) is 9.59 Å². The first-order valence-electron chi connectivity index (χ1n) is 6.36. The Bertz CT molecular complexity index is 660. The molecule has 0 aliphatic carbocycles. The van der Waals surface area contributed by atoms with Crippen molar-refractivity contribution in [1.82, 2.24) is 0 Å². The fourth-order valence-corrected chi connectivity index (χ4v) is 2.55. The zero-order chi connectivity index (χ0) is 13.4. The van der Waals surface area contributed by atoms with Crippen LogP contribution >= 0.6 is 0 Å². The van der Waals surface area contributed by atoms with Gasteiger partial charge in [0.1, 0.15) is 0 Å². The van der Waals surface area contributed by atoms with E-state index in [-0.39, 0.29) is 0 Å². The van der Waals surface area contributed by atoms with Gasteiger partial charge in [0.25, 0.3) is 0 Å². The molecule has 2 heterocycles. The van der Waals surface area contributed by atoms with Gasteiger partial charge in [0, 0.05) is 24.0 Å². The third-order valence-corrected chi connectivity index (χ3v) is 3.55. The highest BCUT2D eigenvalue weighted by atomic mass is 16.4. The predicted octanol–water partition coefficient (Wildman–Crippen LogP) is -0.277. The molecule has 19 heavy (non-hydrogen) atoms. The minimum Gasteiger partial charge on any atom is -0.479 e. The van der Waals surface area contributed by atoms with Crippen LogP contribution < -0.4 is 15.5 Å². The second kappa shape index (κ2) is 4.50. The van der Waals surface area contributed by atoms with E-state index in [4.69, 9.17) is 5.11 Å². The van der Waals surface area contributed by atoms with Crippen molar-refractivity contribution in [1.29, 1.82) is 0 Å². The Morgan fingerprint density at radius 2 is 2.05 bits per heavy atom. The normalized spacial score (nSPS) is 21.6. The molecule has 0 saturated carbocycles. The number of carboxylic acids is 1. The minimum absolute atomic E-state index is 0.464. The number of ketones is 1. The van der Waals surface area contributed by atoms with Crippen LogP contribution in [0.3, 0.4) is 0 Å². The smallest absolute Gasteiger partial charge is 0.336 e. The van der Waals surface area contributed by atoms with E-state index in [1.54, 1.807) is 0 Å². The zero-order valence-corrected chi connectivity index (χ0v) is 10.4. The molecule has 1 fully saturated rings. The summed E-state index contributed by atoms with van der Waals surface area (Å²) in [5, 5.41) is 10.3. The lowest BCUT2D eigenvalue weighted by atomic mass is 10.1. The van der Waals surface area contributed by atoms with Gasteiger partial charge < -0.3 is 10.0 Å². The van der Waals surface area contributed by atoms with Crippen LogP contribution in [0.25, 0.3) is 6.08 Å². The number of carbonyl (C=O) groups excluding carboxylic acids is 1. The maximum absolute atomic E-state index is 11.6. The van der Waals surface area contributed by atoms with Gasteiger partial charge >= 0.3 is 5.97 Å². The molecule has 2 aliphatic rings. The van der Waals surface area contributed by atoms with Gasteiger partial charge in [0.2, 0.25) is 6.04 Å². The van der Waals surface area contributed by atoms with Crippen molar-refractivity contribution in [3.63, 3.8) is 0 Å². The average molecular weight is 258 g/mol. The molecule has 1 aromatic carbocycles. The molecule has 1 N–H and O–H groups in total. The Kier molecular flexibility index (Phi) is 2.81. The molecule has 0 bridgehead atoms. The lowest BCUT2D eigenvalue weighted by Crippen LogP contribution is -2.40. The number of benzene rings is 1. The van der Waals surface area contributed by atoms with Crippen molar-refractivity contribution in [2.24, 2.45) is 4.99 Å². The largest absolute Gasteiger partial charge is 0.479 e. The summed E-state index contributed by atoms with van der Waals surface area (Å²) in [5.74, 6) is -1.66. The van der Waals surface area contributed by atoms with Gasteiger partial charge in [0.05, 0.1) is 5.36 Å². The fraction of sp³-hybridized carbons (Fsp3) is 0.357. The van der Waals surface area contributed by atoms with Crippen LogP contribution in [0.5, 0.6) is 0 Å². The number of anilines is 1. The van der Waals surface area contributed by atoms with Crippen LogP contribution in [0, 0.1) is 0 Å². The van der Waals surface area contributed by atoms with Crippen LogP contribution in [-0.4, -0.2) is 36.0 Å². The highest BCUT2D eigenvalue weighted by Gasteiger charge is 2.25. The molecule has 1 atom stereocenters. The minimum atomic E-state index is -1.29. The Morgan fingerprint density at radius 1 is 1.32 bits per heavy atom. The monoisotopic (exact) mass is 258 g/mol. The number of nitrogens with zero attached hydrogens (tertiary/aromatic N) is 2. The Hall–Kier alpha value is -2.17. The SMILES string of the molecule is O=C(O)C1N=c2cc(N3CCCC3)ccc2=CC1=O. The third kappa shape index (κ3) is 2.12. The van der Waals surface area contributed by atoms with Gasteiger partial charge in [-0.1, -0.05) is 6.07 Å². The molecule has 0 amide bonds. The molecule has 5 nitrogen and oxygen atoms in total. The van der Waals surface area contributed by atoms with Gasteiger partial charge in [0.15, 0.2) is 5.78 Å². The van der Waals surface area contributed by atoms with Gasteiger partial charge in [-0.3, -0.25) is 9.79 Å². The number of hydrogen-bond acceptors (Lipinski definition) is 4. The Balaban J connectivity index is 2.07. The van der Waals surface area contributed by atoms with Crippen molar-refractivity contribution >= 4 is 23.5 Å². The van der Waals surface area contributed by atoms with Gasteiger partial charge in [-0.15, -0.1) is 0 Å². The first-order valence-corrected chi connectivity index (χ1v) is 6.36. The van der Waals surface area contributed by atoms with E-state index < -0.39 is 17.8 Å². The third-order valence-electron chi connectivity index (χ3n) is 3.55. The molecule has 1 saturated heterocycles. The topological polar surface area (TPSA) is 70.0 Å². The molecular formula is C14H14N2O3. The molecule has 3 rings (SSSR count). The highest BCUT2D eigenvalue weighted by molar-refractivity contribution is 6.18. The summed E-state index contributed by atoms with van der Waals surface area (Å²) in [6, 6.07) is 4.38. The Morgan fingerprint density at radius 3 is 2.74 bits per heavy atom.